The van der Waals surface area contributed by atoms with Crippen molar-refractivity contribution in [1.29, 1.82) is 0 Å². The van der Waals surface area contributed by atoms with E-state index in [1.165, 1.54) is 70.3 Å². The van der Waals surface area contributed by atoms with Gasteiger partial charge in [-0.15, -0.1) is 0 Å². The minimum atomic E-state index is 0.731. The third-order valence-corrected chi connectivity index (χ3v) is 5.69. The highest BCUT2D eigenvalue weighted by Crippen LogP contribution is 2.28. The molecule has 0 aromatic rings. The molecule has 0 radical (unpaired) electrons. The Morgan fingerprint density at radius 1 is 1.16 bits per heavy atom. The molecule has 0 amide bonds. The van der Waals surface area contributed by atoms with Crippen LogP contribution in [0.1, 0.15) is 51.9 Å². The lowest BCUT2D eigenvalue weighted by Gasteiger charge is -2.43. The Labute approximate surface area is 124 Å². The number of unbranched alkanes of at least 4 members (excludes halogenated alkanes) is 1. The molecule has 1 aliphatic carbocycles. The zero-order chi connectivity index (χ0) is 13.5. The standard InChI is InChI=1S/C16H32N2S/c1-14-12-17-16(15-8-4-3-5-9-15)13-18(14)10-6-7-11-19-2/h14-17H,3-13H2,1-2H3. The minimum Gasteiger partial charge on any atom is -0.311 e. The highest BCUT2D eigenvalue weighted by molar-refractivity contribution is 7.98. The Balaban J connectivity index is 1.74. The quantitative estimate of drug-likeness (QED) is 0.753. The fourth-order valence-electron chi connectivity index (χ4n) is 3.67. The van der Waals surface area contributed by atoms with Gasteiger partial charge in [0, 0.05) is 25.2 Å². The van der Waals surface area contributed by atoms with E-state index in [1.54, 1.807) is 0 Å². The van der Waals surface area contributed by atoms with Crippen molar-refractivity contribution in [1.82, 2.24) is 10.2 Å². The largest absolute Gasteiger partial charge is 0.311 e. The Morgan fingerprint density at radius 3 is 2.68 bits per heavy atom. The summed E-state index contributed by atoms with van der Waals surface area (Å²) in [4.78, 5) is 2.75. The van der Waals surface area contributed by atoms with Gasteiger partial charge in [-0.1, -0.05) is 19.3 Å². The molecule has 2 aliphatic rings. The van der Waals surface area contributed by atoms with Gasteiger partial charge in [-0.05, 0) is 57.1 Å². The van der Waals surface area contributed by atoms with E-state index in [2.05, 4.69) is 23.4 Å². The molecule has 2 rings (SSSR count). The van der Waals surface area contributed by atoms with Crippen LogP contribution in [0.5, 0.6) is 0 Å². The summed E-state index contributed by atoms with van der Waals surface area (Å²) in [7, 11) is 0. The van der Waals surface area contributed by atoms with Crippen molar-refractivity contribution in [2.75, 3.05) is 31.6 Å². The summed E-state index contributed by atoms with van der Waals surface area (Å²) < 4.78 is 0. The van der Waals surface area contributed by atoms with E-state index < -0.39 is 0 Å². The van der Waals surface area contributed by atoms with E-state index in [1.807, 2.05) is 11.8 Å². The molecule has 1 heterocycles. The molecule has 2 atom stereocenters. The Bertz CT molecular complexity index is 241. The van der Waals surface area contributed by atoms with Crippen LogP contribution in [0, 0.1) is 5.92 Å². The van der Waals surface area contributed by atoms with Crippen molar-refractivity contribution >= 4 is 11.8 Å². The molecule has 0 spiro atoms. The number of piperazine rings is 1. The van der Waals surface area contributed by atoms with Crippen LogP contribution >= 0.6 is 11.8 Å². The molecular formula is C16H32N2S. The van der Waals surface area contributed by atoms with Crippen LogP contribution < -0.4 is 5.32 Å². The fraction of sp³-hybridized carbons (Fsp3) is 1.00. The second kappa shape index (κ2) is 8.53. The van der Waals surface area contributed by atoms with Crippen LogP contribution in [-0.2, 0) is 0 Å². The number of nitrogens with one attached hydrogen (secondary N) is 1. The summed E-state index contributed by atoms with van der Waals surface area (Å²) in [5.41, 5.74) is 0. The molecule has 1 N–H and O–H groups in total. The zero-order valence-corrected chi connectivity index (χ0v) is 13.7. The molecule has 3 heteroatoms. The molecule has 0 bridgehead atoms. The van der Waals surface area contributed by atoms with Crippen molar-refractivity contribution in [3.05, 3.63) is 0 Å². The summed E-state index contributed by atoms with van der Waals surface area (Å²) in [5, 5.41) is 3.82. The van der Waals surface area contributed by atoms with Gasteiger partial charge in [-0.3, -0.25) is 4.90 Å². The van der Waals surface area contributed by atoms with Crippen molar-refractivity contribution in [2.24, 2.45) is 5.92 Å². The first-order chi connectivity index (χ1) is 9.31. The molecule has 1 aliphatic heterocycles. The van der Waals surface area contributed by atoms with Gasteiger partial charge in [0.15, 0.2) is 0 Å². The predicted molar refractivity (Wildman–Crippen MR) is 87.0 cm³/mol. The number of hydrogen-bond donors (Lipinski definition) is 1. The first-order valence-electron chi connectivity index (χ1n) is 8.27. The van der Waals surface area contributed by atoms with Crippen molar-refractivity contribution < 1.29 is 0 Å². The maximum absolute atomic E-state index is 3.82. The second-order valence-electron chi connectivity index (χ2n) is 6.46. The van der Waals surface area contributed by atoms with Crippen LogP contribution in [0.25, 0.3) is 0 Å². The van der Waals surface area contributed by atoms with E-state index in [4.69, 9.17) is 0 Å². The van der Waals surface area contributed by atoms with Crippen LogP contribution in [0.2, 0.25) is 0 Å². The summed E-state index contributed by atoms with van der Waals surface area (Å²) in [6.45, 7) is 6.19. The third kappa shape index (κ3) is 4.95. The van der Waals surface area contributed by atoms with Gasteiger partial charge in [0.05, 0.1) is 0 Å². The highest BCUT2D eigenvalue weighted by atomic mass is 32.2. The average molecular weight is 285 g/mol. The first kappa shape index (κ1) is 15.7. The van der Waals surface area contributed by atoms with Gasteiger partial charge in [0.25, 0.3) is 0 Å². The maximum atomic E-state index is 3.82. The van der Waals surface area contributed by atoms with Gasteiger partial charge in [0.1, 0.15) is 0 Å². The van der Waals surface area contributed by atoms with Crippen LogP contribution in [-0.4, -0.2) is 48.6 Å². The van der Waals surface area contributed by atoms with Gasteiger partial charge in [-0.25, -0.2) is 0 Å². The summed E-state index contributed by atoms with van der Waals surface area (Å²) >= 11 is 1.98. The summed E-state index contributed by atoms with van der Waals surface area (Å²) in [6, 6.07) is 1.51. The topological polar surface area (TPSA) is 15.3 Å². The average Bonchev–Trinajstić information content (AvgIpc) is 2.46. The molecule has 0 aromatic heterocycles. The highest BCUT2D eigenvalue weighted by Gasteiger charge is 2.30. The normalized spacial score (nSPS) is 30.6. The Kier molecular flexibility index (Phi) is 7.03. The molecule has 2 fully saturated rings. The molecule has 19 heavy (non-hydrogen) atoms. The van der Waals surface area contributed by atoms with Crippen molar-refractivity contribution in [3.8, 4) is 0 Å². The first-order valence-corrected chi connectivity index (χ1v) is 9.67. The molecule has 0 aromatic carbocycles. The zero-order valence-electron chi connectivity index (χ0n) is 12.9. The van der Waals surface area contributed by atoms with E-state index in [0.29, 0.717) is 0 Å². The minimum absolute atomic E-state index is 0.731. The molecule has 2 nitrogen and oxygen atoms in total. The van der Waals surface area contributed by atoms with Gasteiger partial charge >= 0.3 is 0 Å². The number of rotatable bonds is 6. The molecule has 2 unspecified atom stereocenters. The smallest absolute Gasteiger partial charge is 0.0224 e. The second-order valence-corrected chi connectivity index (χ2v) is 7.44. The number of hydrogen-bond acceptors (Lipinski definition) is 3. The lowest BCUT2D eigenvalue weighted by Crippen LogP contribution is -2.58. The molecular weight excluding hydrogens is 252 g/mol. The van der Waals surface area contributed by atoms with Gasteiger partial charge < -0.3 is 5.32 Å². The Hall–Kier alpha value is 0.270. The maximum Gasteiger partial charge on any atom is 0.0224 e. The van der Waals surface area contributed by atoms with E-state index in [0.717, 1.165) is 18.0 Å². The third-order valence-electron chi connectivity index (χ3n) is 4.99. The SMILES string of the molecule is CSCCCCN1CC(C2CCCCC2)NCC1C. The number of nitrogens with zero attached hydrogens (tertiary/aromatic N) is 1. The monoisotopic (exact) mass is 284 g/mol. The number of thioether (sulfide) groups is 1. The molecule has 1 saturated heterocycles. The Morgan fingerprint density at radius 2 is 1.95 bits per heavy atom. The van der Waals surface area contributed by atoms with E-state index >= 15 is 0 Å². The van der Waals surface area contributed by atoms with Crippen molar-refractivity contribution in [3.63, 3.8) is 0 Å². The molecule has 112 valence electrons. The fourth-order valence-corrected chi connectivity index (χ4v) is 4.17. The van der Waals surface area contributed by atoms with Gasteiger partial charge in [0.2, 0.25) is 0 Å². The lowest BCUT2D eigenvalue weighted by molar-refractivity contribution is 0.103. The van der Waals surface area contributed by atoms with Crippen LogP contribution in [0.4, 0.5) is 0 Å². The van der Waals surface area contributed by atoms with Crippen molar-refractivity contribution in [2.45, 2.75) is 64.0 Å². The predicted octanol–water partition coefficient (Wildman–Crippen LogP) is 3.37. The van der Waals surface area contributed by atoms with Gasteiger partial charge in [-0.2, -0.15) is 11.8 Å². The van der Waals surface area contributed by atoms with E-state index in [-0.39, 0.29) is 0 Å². The van der Waals surface area contributed by atoms with E-state index in [9.17, 15) is 0 Å². The molecule has 1 saturated carbocycles. The van der Waals surface area contributed by atoms with Crippen LogP contribution in [0.15, 0.2) is 0 Å². The summed E-state index contributed by atoms with van der Waals surface area (Å²) in [6.07, 6.45) is 12.3. The van der Waals surface area contributed by atoms with Crippen LogP contribution in [0.3, 0.4) is 0 Å². The lowest BCUT2D eigenvalue weighted by atomic mass is 9.82. The summed E-state index contributed by atoms with van der Waals surface area (Å²) in [5.74, 6) is 2.28.